The molecule has 0 saturated carbocycles. The second-order valence-corrected chi connectivity index (χ2v) is 8.44. The van der Waals surface area contributed by atoms with Gasteiger partial charge in [-0.2, -0.15) is 0 Å². The minimum absolute atomic E-state index is 0.0212. The molecule has 0 aliphatic heterocycles. The minimum atomic E-state index is -0.588. The van der Waals surface area contributed by atoms with Gasteiger partial charge in [0.25, 0.3) is 0 Å². The monoisotopic (exact) mass is 455 g/mol. The van der Waals surface area contributed by atoms with Crippen molar-refractivity contribution in [3.63, 3.8) is 0 Å². The smallest absolute Gasteiger partial charge is 0.136 e. The Balaban J connectivity index is 1.74. The molecule has 1 nitrogen and oxygen atoms in total. The molecular formula is C34H20O. The van der Waals surface area contributed by atoms with Crippen LogP contribution in [0.3, 0.4) is 0 Å². The first kappa shape index (κ1) is 11.2. The highest BCUT2D eigenvalue weighted by Gasteiger charge is 2.17. The van der Waals surface area contributed by atoms with Crippen LogP contribution in [-0.2, 0) is 0 Å². The van der Waals surface area contributed by atoms with Crippen LogP contribution in [0.25, 0.3) is 76.2 Å². The molecular weight excluding hydrogens is 424 g/mol. The molecule has 0 amide bonds. The first-order valence-corrected chi connectivity index (χ1v) is 11.1. The van der Waals surface area contributed by atoms with E-state index < -0.39 is 54.4 Å². The largest absolute Gasteiger partial charge is 0.456 e. The molecule has 8 aromatic rings. The zero-order chi connectivity index (χ0) is 32.5. The lowest BCUT2D eigenvalue weighted by molar-refractivity contribution is 0.669. The molecule has 35 heavy (non-hydrogen) atoms. The summed E-state index contributed by atoms with van der Waals surface area (Å²) in [5, 5.41) is 2.28. The summed E-state index contributed by atoms with van der Waals surface area (Å²) in [5.74, 6) is 0. The predicted octanol–water partition coefficient (Wildman–Crippen LogP) is 9.87. The average Bonchev–Trinajstić information content (AvgIpc) is 3.45. The molecule has 1 heteroatoms. The first-order chi connectivity index (χ1) is 22.0. The minimum Gasteiger partial charge on any atom is -0.456 e. The normalized spacial score (nSPS) is 16.4. The van der Waals surface area contributed by atoms with E-state index in [9.17, 15) is 4.11 Å². The third kappa shape index (κ3) is 2.64. The molecule has 0 atom stereocenters. The molecule has 1 heterocycles. The van der Waals surface area contributed by atoms with Gasteiger partial charge >= 0.3 is 0 Å². The highest BCUT2D eigenvalue weighted by molar-refractivity contribution is 6.26. The van der Waals surface area contributed by atoms with Crippen molar-refractivity contribution in [1.29, 1.82) is 0 Å². The van der Waals surface area contributed by atoms with Crippen LogP contribution in [0, 0.1) is 0 Å². The summed E-state index contributed by atoms with van der Waals surface area (Å²) < 4.78 is 103. The molecule has 0 aliphatic carbocycles. The van der Waals surface area contributed by atoms with Gasteiger partial charge in [-0.1, -0.05) is 90.8 Å². The van der Waals surface area contributed by atoms with Gasteiger partial charge in [0.15, 0.2) is 0 Å². The molecule has 0 N–H and O–H groups in total. The van der Waals surface area contributed by atoms with Crippen LogP contribution in [-0.4, -0.2) is 0 Å². The van der Waals surface area contributed by atoms with Crippen LogP contribution in [0.2, 0.25) is 0 Å². The van der Waals surface area contributed by atoms with Gasteiger partial charge in [0.05, 0.1) is 15.1 Å². The van der Waals surface area contributed by atoms with Crippen LogP contribution in [0.4, 0.5) is 0 Å². The fraction of sp³-hybridized carbons (Fsp3) is 0. The summed E-state index contributed by atoms with van der Waals surface area (Å²) in [5.41, 5.74) is 1.57. The van der Waals surface area contributed by atoms with Crippen LogP contribution in [0.15, 0.2) is 125 Å². The van der Waals surface area contributed by atoms with Gasteiger partial charge in [-0.15, -0.1) is 0 Å². The van der Waals surface area contributed by atoms with E-state index in [1.165, 1.54) is 0 Å². The Morgan fingerprint density at radius 3 is 2.09 bits per heavy atom. The van der Waals surface area contributed by atoms with Crippen LogP contribution in [0.1, 0.15) is 15.1 Å². The lowest BCUT2D eigenvalue weighted by atomic mass is 9.89. The number of hydrogen-bond acceptors (Lipinski definition) is 1. The zero-order valence-electron chi connectivity index (χ0n) is 29.1. The third-order valence-corrected chi connectivity index (χ3v) is 6.53. The average molecular weight is 456 g/mol. The second kappa shape index (κ2) is 6.94. The molecule has 0 radical (unpaired) electrons. The Morgan fingerprint density at radius 2 is 1.20 bits per heavy atom. The van der Waals surface area contributed by atoms with E-state index in [0.29, 0.717) is 22.1 Å². The Morgan fingerprint density at radius 1 is 0.457 bits per heavy atom. The Kier molecular flexibility index (Phi) is 2.22. The SMILES string of the molecule is [2H]c1c([2H])c([2H])c2c([2H])c3c(c(-c4cccc5oc6ccc7ccccc7c6c45)c([2H])c4c([2H])c([2H])c([2H])c([2H])c43)c([2H])c2c1[2H]. The lowest BCUT2D eigenvalue weighted by Gasteiger charge is -2.14. The summed E-state index contributed by atoms with van der Waals surface area (Å²) >= 11 is 0. The number of rotatable bonds is 1. The van der Waals surface area contributed by atoms with Crippen molar-refractivity contribution in [2.75, 3.05) is 0 Å². The summed E-state index contributed by atoms with van der Waals surface area (Å²) in [6.45, 7) is 0. The Hall–Kier alpha value is -4.62. The van der Waals surface area contributed by atoms with Crippen molar-refractivity contribution < 1.29 is 19.5 Å². The summed E-state index contributed by atoms with van der Waals surface area (Å²) in [7, 11) is 0. The summed E-state index contributed by atoms with van der Waals surface area (Å²) in [6, 6.07) is 11.3. The standard InChI is InChI=1S/C34H20O/c1-2-10-23-19-30-28(18-22(23)9-1)25-12-5-4-11-24(25)20-29(30)27-14-7-15-31-34(27)33-26-13-6-3-8-21(26)16-17-32(33)35-31/h1-20H/i1D,2D,4D,5D,9D,10D,11D,12D,18D,19D,20D. The molecule has 1 aromatic heterocycles. The van der Waals surface area contributed by atoms with Crippen molar-refractivity contribution in [3.05, 3.63) is 121 Å². The van der Waals surface area contributed by atoms with Gasteiger partial charge in [0.2, 0.25) is 0 Å². The Labute approximate surface area is 217 Å². The van der Waals surface area contributed by atoms with Crippen LogP contribution < -0.4 is 0 Å². The molecule has 7 aromatic carbocycles. The molecule has 0 spiro atoms. The zero-order valence-corrected chi connectivity index (χ0v) is 18.1. The molecule has 0 aliphatic rings. The highest BCUT2D eigenvalue weighted by Crippen LogP contribution is 2.44. The van der Waals surface area contributed by atoms with Gasteiger partial charge in [0, 0.05) is 10.8 Å². The van der Waals surface area contributed by atoms with E-state index in [-0.39, 0.29) is 50.0 Å². The van der Waals surface area contributed by atoms with E-state index in [0.717, 1.165) is 16.2 Å². The maximum Gasteiger partial charge on any atom is 0.136 e. The number of fused-ring (bicyclic) bond motifs is 9. The molecule has 0 bridgehead atoms. The van der Waals surface area contributed by atoms with E-state index in [1.807, 2.05) is 36.4 Å². The third-order valence-electron chi connectivity index (χ3n) is 6.53. The van der Waals surface area contributed by atoms with Crippen molar-refractivity contribution in [2.45, 2.75) is 0 Å². The predicted molar refractivity (Wildman–Crippen MR) is 149 cm³/mol. The topological polar surface area (TPSA) is 13.1 Å². The quantitative estimate of drug-likeness (QED) is 0.177. The van der Waals surface area contributed by atoms with Crippen molar-refractivity contribution in [2.24, 2.45) is 0 Å². The molecule has 8 rings (SSSR count). The Bertz CT molecular complexity index is 2710. The molecule has 0 saturated heterocycles. The van der Waals surface area contributed by atoms with Gasteiger partial charge in [-0.05, 0) is 84.5 Å². The van der Waals surface area contributed by atoms with E-state index in [2.05, 4.69) is 0 Å². The fourth-order valence-electron chi connectivity index (χ4n) is 5.03. The van der Waals surface area contributed by atoms with E-state index in [1.54, 1.807) is 18.2 Å². The first-order valence-electron chi connectivity index (χ1n) is 16.6. The number of hydrogen-bond donors (Lipinski definition) is 0. The molecule has 162 valence electrons. The lowest BCUT2D eigenvalue weighted by Crippen LogP contribution is -1.87. The highest BCUT2D eigenvalue weighted by atomic mass is 16.3. The number of benzene rings is 7. The second-order valence-electron chi connectivity index (χ2n) is 8.44. The van der Waals surface area contributed by atoms with Gasteiger partial charge in [-0.3, -0.25) is 0 Å². The summed E-state index contributed by atoms with van der Waals surface area (Å²) in [6.07, 6.45) is 0. The van der Waals surface area contributed by atoms with Crippen molar-refractivity contribution >= 4 is 65.0 Å². The maximum absolute atomic E-state index is 9.54. The van der Waals surface area contributed by atoms with Crippen molar-refractivity contribution in [3.8, 4) is 11.1 Å². The summed E-state index contributed by atoms with van der Waals surface area (Å²) in [4.78, 5) is 0. The van der Waals surface area contributed by atoms with Crippen LogP contribution >= 0.6 is 0 Å². The van der Waals surface area contributed by atoms with Crippen molar-refractivity contribution in [1.82, 2.24) is 0 Å². The van der Waals surface area contributed by atoms with E-state index in [4.69, 9.17) is 15.4 Å². The number of furan rings is 1. The van der Waals surface area contributed by atoms with E-state index >= 15 is 0 Å². The fourth-order valence-corrected chi connectivity index (χ4v) is 5.03. The molecule has 0 fully saturated rings. The van der Waals surface area contributed by atoms with Crippen LogP contribution in [0.5, 0.6) is 0 Å². The van der Waals surface area contributed by atoms with Gasteiger partial charge < -0.3 is 4.42 Å². The molecule has 0 unspecified atom stereocenters. The maximum atomic E-state index is 9.54. The van der Waals surface area contributed by atoms with Gasteiger partial charge in [-0.25, -0.2) is 0 Å². The van der Waals surface area contributed by atoms with Gasteiger partial charge in [0.1, 0.15) is 11.2 Å².